The second kappa shape index (κ2) is 9.40. The molecule has 11 heteroatoms. The maximum absolute atomic E-state index is 12.9. The molecule has 1 saturated heterocycles. The van der Waals surface area contributed by atoms with Gasteiger partial charge < -0.3 is 19.5 Å². The van der Waals surface area contributed by atoms with Crippen molar-refractivity contribution in [3.05, 3.63) is 40.4 Å². The zero-order valence-electron chi connectivity index (χ0n) is 17.6. The summed E-state index contributed by atoms with van der Waals surface area (Å²) < 4.78 is 43.1. The van der Waals surface area contributed by atoms with Crippen LogP contribution in [0, 0.1) is 10.1 Å². The van der Waals surface area contributed by atoms with E-state index in [-0.39, 0.29) is 16.3 Å². The van der Waals surface area contributed by atoms with Crippen molar-refractivity contribution in [1.82, 2.24) is 4.31 Å². The van der Waals surface area contributed by atoms with Crippen LogP contribution in [-0.2, 0) is 10.0 Å². The lowest BCUT2D eigenvalue weighted by Gasteiger charge is -2.25. The minimum Gasteiger partial charge on any atom is -0.493 e. The Hall–Kier alpha value is -3.05. The lowest BCUT2D eigenvalue weighted by molar-refractivity contribution is -0.384. The number of piperidine rings is 1. The van der Waals surface area contributed by atoms with Crippen molar-refractivity contribution in [3.63, 3.8) is 0 Å². The van der Waals surface area contributed by atoms with Crippen LogP contribution in [0.1, 0.15) is 19.3 Å². The Kier molecular flexibility index (Phi) is 6.86. The van der Waals surface area contributed by atoms with Crippen LogP contribution in [0.5, 0.6) is 17.2 Å². The van der Waals surface area contributed by atoms with Crippen LogP contribution in [0.3, 0.4) is 0 Å². The standard InChI is InChI=1S/C20H25N3O7S/c1-28-18-11-14(12-19(29-2)20(18)30-3)21-16-8-7-15(13-17(16)23(24)25)31(26,27)22-9-5-4-6-10-22/h7-8,11-13,21H,4-6,9-10H2,1-3H3. The van der Waals surface area contributed by atoms with Crippen molar-refractivity contribution in [2.24, 2.45) is 0 Å². The summed E-state index contributed by atoms with van der Waals surface area (Å²) in [7, 11) is 0.603. The van der Waals surface area contributed by atoms with Gasteiger partial charge in [0, 0.05) is 37.0 Å². The molecule has 0 atom stereocenters. The summed E-state index contributed by atoms with van der Waals surface area (Å²) in [4.78, 5) is 11.0. The molecular weight excluding hydrogens is 426 g/mol. The molecule has 0 saturated carbocycles. The largest absolute Gasteiger partial charge is 0.493 e. The van der Waals surface area contributed by atoms with Crippen LogP contribution in [0.4, 0.5) is 17.1 Å². The molecule has 0 aliphatic carbocycles. The van der Waals surface area contributed by atoms with Crippen molar-refractivity contribution in [3.8, 4) is 17.2 Å². The predicted molar refractivity (Wildman–Crippen MR) is 115 cm³/mol. The molecule has 1 N–H and O–H groups in total. The molecule has 0 amide bonds. The zero-order valence-corrected chi connectivity index (χ0v) is 18.4. The topological polar surface area (TPSA) is 120 Å². The van der Waals surface area contributed by atoms with Gasteiger partial charge >= 0.3 is 0 Å². The van der Waals surface area contributed by atoms with Gasteiger partial charge in [0.05, 0.1) is 31.1 Å². The highest BCUT2D eigenvalue weighted by atomic mass is 32.2. The van der Waals surface area contributed by atoms with Crippen molar-refractivity contribution in [2.75, 3.05) is 39.7 Å². The molecule has 0 radical (unpaired) electrons. The van der Waals surface area contributed by atoms with Gasteiger partial charge in [0.1, 0.15) is 5.69 Å². The van der Waals surface area contributed by atoms with Crippen molar-refractivity contribution >= 4 is 27.1 Å². The van der Waals surface area contributed by atoms with E-state index in [1.54, 1.807) is 12.1 Å². The first-order chi connectivity index (χ1) is 14.8. The van der Waals surface area contributed by atoms with Crippen LogP contribution in [0.15, 0.2) is 35.2 Å². The van der Waals surface area contributed by atoms with E-state index in [2.05, 4.69) is 5.32 Å². The summed E-state index contributed by atoms with van der Waals surface area (Å²) in [5.41, 5.74) is 0.230. The Bertz CT molecular complexity index is 1040. The third kappa shape index (κ3) is 4.67. The van der Waals surface area contributed by atoms with E-state index in [0.29, 0.717) is 36.0 Å². The summed E-state index contributed by atoms with van der Waals surface area (Å²) in [6, 6.07) is 7.05. The second-order valence-electron chi connectivity index (χ2n) is 6.94. The van der Waals surface area contributed by atoms with Crippen LogP contribution in [0.25, 0.3) is 0 Å². The third-order valence-electron chi connectivity index (χ3n) is 5.06. The minimum atomic E-state index is -3.79. The molecule has 31 heavy (non-hydrogen) atoms. The van der Waals surface area contributed by atoms with E-state index in [1.165, 1.54) is 37.8 Å². The number of nitro benzene ring substituents is 1. The molecule has 3 rings (SSSR count). The van der Waals surface area contributed by atoms with Crippen molar-refractivity contribution in [1.29, 1.82) is 0 Å². The molecule has 168 valence electrons. The number of benzene rings is 2. The zero-order chi connectivity index (χ0) is 22.6. The lowest BCUT2D eigenvalue weighted by Crippen LogP contribution is -2.35. The van der Waals surface area contributed by atoms with Crippen molar-refractivity contribution in [2.45, 2.75) is 24.2 Å². The number of ether oxygens (including phenoxy) is 3. The number of hydrogen-bond acceptors (Lipinski definition) is 8. The quantitative estimate of drug-likeness (QED) is 0.478. The van der Waals surface area contributed by atoms with Gasteiger partial charge in [-0.25, -0.2) is 8.42 Å². The van der Waals surface area contributed by atoms with E-state index >= 15 is 0 Å². The number of rotatable bonds is 8. The van der Waals surface area contributed by atoms with E-state index in [9.17, 15) is 18.5 Å². The van der Waals surface area contributed by atoms with Gasteiger partial charge in [0.2, 0.25) is 15.8 Å². The molecule has 0 spiro atoms. The summed E-state index contributed by atoms with van der Waals surface area (Å²) in [6.45, 7) is 0.836. The fraction of sp³-hybridized carbons (Fsp3) is 0.400. The van der Waals surface area contributed by atoms with Crippen LogP contribution < -0.4 is 19.5 Å². The van der Waals surface area contributed by atoms with Crippen LogP contribution in [-0.4, -0.2) is 52.1 Å². The number of nitro groups is 1. The fourth-order valence-electron chi connectivity index (χ4n) is 3.49. The number of nitrogens with one attached hydrogen (secondary N) is 1. The van der Waals surface area contributed by atoms with E-state index in [1.807, 2.05) is 0 Å². The van der Waals surface area contributed by atoms with E-state index in [0.717, 1.165) is 25.3 Å². The monoisotopic (exact) mass is 451 g/mol. The summed E-state index contributed by atoms with van der Waals surface area (Å²) in [5, 5.41) is 14.6. The summed E-state index contributed by atoms with van der Waals surface area (Å²) >= 11 is 0. The first-order valence-electron chi connectivity index (χ1n) is 9.67. The Morgan fingerprint density at radius 3 is 2.10 bits per heavy atom. The first-order valence-corrected chi connectivity index (χ1v) is 11.1. The first kappa shape index (κ1) is 22.6. The highest BCUT2D eigenvalue weighted by Gasteiger charge is 2.28. The molecule has 2 aromatic carbocycles. The molecule has 0 bridgehead atoms. The Morgan fingerprint density at radius 2 is 1.58 bits per heavy atom. The maximum Gasteiger partial charge on any atom is 0.294 e. The van der Waals surface area contributed by atoms with Gasteiger partial charge in [0.15, 0.2) is 11.5 Å². The molecule has 1 fully saturated rings. The van der Waals surface area contributed by atoms with Gasteiger partial charge in [0.25, 0.3) is 5.69 Å². The van der Waals surface area contributed by atoms with E-state index in [4.69, 9.17) is 14.2 Å². The Labute approximate surface area is 180 Å². The fourth-order valence-corrected chi connectivity index (χ4v) is 5.03. The van der Waals surface area contributed by atoms with Crippen LogP contribution >= 0.6 is 0 Å². The average molecular weight is 452 g/mol. The molecule has 1 aliphatic rings. The predicted octanol–water partition coefficient (Wildman–Crippen LogP) is 3.54. The van der Waals surface area contributed by atoms with Crippen molar-refractivity contribution < 1.29 is 27.6 Å². The summed E-state index contributed by atoms with van der Waals surface area (Å²) in [5.74, 6) is 1.13. The van der Waals surface area contributed by atoms with Gasteiger partial charge in [-0.2, -0.15) is 4.31 Å². The molecule has 2 aromatic rings. The van der Waals surface area contributed by atoms with E-state index < -0.39 is 14.9 Å². The average Bonchev–Trinajstić information content (AvgIpc) is 2.78. The van der Waals surface area contributed by atoms with Gasteiger partial charge in [-0.05, 0) is 25.0 Å². The Morgan fingerprint density at radius 1 is 0.968 bits per heavy atom. The molecule has 1 aliphatic heterocycles. The number of methoxy groups -OCH3 is 3. The van der Waals surface area contributed by atoms with Gasteiger partial charge in [-0.3, -0.25) is 10.1 Å². The molecule has 10 nitrogen and oxygen atoms in total. The molecular formula is C20H25N3O7S. The third-order valence-corrected chi connectivity index (χ3v) is 6.96. The summed E-state index contributed by atoms with van der Waals surface area (Å²) in [6.07, 6.45) is 2.54. The number of anilines is 2. The highest BCUT2D eigenvalue weighted by molar-refractivity contribution is 7.89. The smallest absolute Gasteiger partial charge is 0.294 e. The Balaban J connectivity index is 1.98. The number of sulfonamides is 1. The molecule has 0 aromatic heterocycles. The van der Waals surface area contributed by atoms with Crippen LogP contribution in [0.2, 0.25) is 0 Å². The normalized spacial score (nSPS) is 14.7. The number of hydrogen-bond donors (Lipinski definition) is 1. The maximum atomic E-state index is 12.9. The van der Waals surface area contributed by atoms with Gasteiger partial charge in [-0.15, -0.1) is 0 Å². The highest BCUT2D eigenvalue weighted by Crippen LogP contribution is 2.41. The molecule has 1 heterocycles. The lowest BCUT2D eigenvalue weighted by atomic mass is 10.2. The second-order valence-corrected chi connectivity index (χ2v) is 8.88. The number of nitrogens with zero attached hydrogens (tertiary/aromatic N) is 2. The van der Waals surface area contributed by atoms with Gasteiger partial charge in [-0.1, -0.05) is 6.42 Å². The minimum absolute atomic E-state index is 0.100. The SMILES string of the molecule is COc1cc(Nc2ccc(S(=O)(=O)N3CCCCC3)cc2[N+](=O)[O-])cc(OC)c1OC. The molecule has 0 unspecified atom stereocenters.